The number of benzene rings is 1. The van der Waals surface area contributed by atoms with E-state index in [1.807, 2.05) is 0 Å². The number of ether oxygens (including phenoxy) is 1. The number of hydrogen-bond acceptors (Lipinski definition) is 9. The lowest BCUT2D eigenvalue weighted by Gasteiger charge is -2.12. The lowest BCUT2D eigenvalue weighted by atomic mass is 10.2. The fraction of sp³-hybridized carbons (Fsp3) is 0.267. The van der Waals surface area contributed by atoms with Crippen molar-refractivity contribution >= 4 is 46.2 Å². The predicted molar refractivity (Wildman–Crippen MR) is 101 cm³/mol. The first kappa shape index (κ1) is 18.4. The lowest BCUT2D eigenvalue weighted by Crippen LogP contribution is -2.25. The zero-order chi connectivity index (χ0) is 18.7. The van der Waals surface area contributed by atoms with E-state index >= 15 is 0 Å². The van der Waals surface area contributed by atoms with Crippen molar-refractivity contribution in [2.45, 2.75) is 17.5 Å². The Hall–Kier alpha value is -2.43. The molecule has 0 aliphatic heterocycles. The van der Waals surface area contributed by atoms with Gasteiger partial charge in [-0.2, -0.15) is 15.0 Å². The van der Waals surface area contributed by atoms with Gasteiger partial charge in [-0.1, -0.05) is 23.4 Å². The minimum atomic E-state index is -0.166. The predicted octanol–water partition coefficient (Wildman–Crippen LogP) is 1.34. The molecule has 0 aliphatic rings. The van der Waals surface area contributed by atoms with Crippen LogP contribution in [0.5, 0.6) is 0 Å². The first-order valence-corrected chi connectivity index (χ1v) is 8.92. The average Bonchev–Trinajstić information content (AvgIpc) is 2.58. The van der Waals surface area contributed by atoms with Crippen molar-refractivity contribution in [3.05, 3.63) is 39.4 Å². The van der Waals surface area contributed by atoms with Crippen LogP contribution in [-0.2, 0) is 17.0 Å². The molecule has 1 aromatic carbocycles. The molecule has 0 bridgehead atoms. The highest BCUT2D eigenvalue weighted by atomic mass is 35.5. The van der Waals surface area contributed by atoms with Crippen LogP contribution in [0.4, 0.5) is 11.9 Å². The van der Waals surface area contributed by atoms with Crippen LogP contribution in [-0.4, -0.2) is 38.2 Å². The second kappa shape index (κ2) is 7.85. The van der Waals surface area contributed by atoms with Gasteiger partial charge in [0, 0.05) is 12.1 Å². The van der Waals surface area contributed by atoms with E-state index in [1.165, 1.54) is 11.8 Å². The molecule has 0 saturated heterocycles. The molecule has 0 radical (unpaired) electrons. The van der Waals surface area contributed by atoms with Crippen LogP contribution in [0.15, 0.2) is 28.2 Å². The molecule has 0 amide bonds. The minimum Gasteiger partial charge on any atom is -0.383 e. The smallest absolute Gasteiger partial charge is 0.262 e. The summed E-state index contributed by atoms with van der Waals surface area (Å²) in [5, 5.41) is 1.50. The summed E-state index contributed by atoms with van der Waals surface area (Å²) in [7, 11) is 1.57. The van der Waals surface area contributed by atoms with E-state index < -0.39 is 0 Å². The number of nitrogens with two attached hydrogens (primary N) is 2. The highest BCUT2D eigenvalue weighted by Gasteiger charge is 2.13. The molecule has 3 rings (SSSR count). The number of hydrogen-bond donors (Lipinski definition) is 2. The minimum absolute atomic E-state index is 0.0446. The number of fused-ring (bicyclic) bond motifs is 1. The summed E-state index contributed by atoms with van der Waals surface area (Å²) in [6, 6.07) is 4.98. The van der Waals surface area contributed by atoms with Crippen LogP contribution in [0, 0.1) is 0 Å². The van der Waals surface area contributed by atoms with Crippen molar-refractivity contribution in [1.29, 1.82) is 0 Å². The summed E-state index contributed by atoms with van der Waals surface area (Å²) in [6.07, 6.45) is 0. The van der Waals surface area contributed by atoms with E-state index in [9.17, 15) is 4.79 Å². The van der Waals surface area contributed by atoms with Gasteiger partial charge in [-0.25, -0.2) is 4.98 Å². The van der Waals surface area contributed by atoms with Crippen molar-refractivity contribution in [3.8, 4) is 0 Å². The van der Waals surface area contributed by atoms with E-state index in [-0.39, 0.29) is 17.5 Å². The number of aromatic nitrogens is 5. The molecule has 2 aromatic heterocycles. The molecular formula is C15H16ClN7O2S. The molecule has 0 aliphatic carbocycles. The monoisotopic (exact) mass is 393 g/mol. The van der Waals surface area contributed by atoms with Gasteiger partial charge in [-0.3, -0.25) is 9.36 Å². The zero-order valence-corrected chi connectivity index (χ0v) is 15.4. The van der Waals surface area contributed by atoms with Crippen molar-refractivity contribution in [1.82, 2.24) is 24.5 Å². The standard InChI is InChI=1S/C15H16ClN7O2S/c1-25-5-4-23-12(24)9-3-2-8(16)6-10(9)19-15(23)26-7-11-20-13(17)22-14(18)21-11/h2-3,6H,4-5,7H2,1H3,(H4,17,18,20,21,22). The van der Waals surface area contributed by atoms with Crippen LogP contribution in [0.25, 0.3) is 10.9 Å². The van der Waals surface area contributed by atoms with E-state index in [2.05, 4.69) is 19.9 Å². The molecule has 0 unspecified atom stereocenters. The summed E-state index contributed by atoms with van der Waals surface area (Å²) in [4.78, 5) is 29.2. The third-order valence-corrected chi connectivity index (χ3v) is 4.66. The molecule has 9 nitrogen and oxygen atoms in total. The molecule has 4 N–H and O–H groups in total. The Kier molecular flexibility index (Phi) is 5.55. The van der Waals surface area contributed by atoms with Gasteiger partial charge in [0.05, 0.1) is 29.8 Å². The fourth-order valence-electron chi connectivity index (χ4n) is 2.31. The van der Waals surface area contributed by atoms with Crippen molar-refractivity contribution in [2.24, 2.45) is 0 Å². The molecule has 0 spiro atoms. The number of nitrogens with zero attached hydrogens (tertiary/aromatic N) is 5. The Morgan fingerprint density at radius 3 is 2.62 bits per heavy atom. The largest absolute Gasteiger partial charge is 0.383 e. The topological polar surface area (TPSA) is 135 Å². The third kappa shape index (κ3) is 4.03. The van der Waals surface area contributed by atoms with Crippen LogP contribution < -0.4 is 17.0 Å². The Balaban J connectivity index is 2.00. The Morgan fingerprint density at radius 1 is 1.19 bits per heavy atom. The van der Waals surface area contributed by atoms with Crippen molar-refractivity contribution < 1.29 is 4.74 Å². The van der Waals surface area contributed by atoms with Gasteiger partial charge in [0.25, 0.3) is 5.56 Å². The molecule has 3 aromatic rings. The van der Waals surface area contributed by atoms with Crippen LogP contribution in [0.3, 0.4) is 0 Å². The Morgan fingerprint density at radius 2 is 1.92 bits per heavy atom. The third-order valence-electron chi connectivity index (χ3n) is 3.45. The van der Waals surface area contributed by atoms with Crippen molar-refractivity contribution in [2.75, 3.05) is 25.2 Å². The summed E-state index contributed by atoms with van der Waals surface area (Å²) < 4.78 is 6.65. The second-order valence-electron chi connectivity index (χ2n) is 5.26. The number of nitrogen functional groups attached to an aromatic ring is 2. The second-order valence-corrected chi connectivity index (χ2v) is 6.64. The lowest BCUT2D eigenvalue weighted by molar-refractivity contribution is 0.183. The van der Waals surface area contributed by atoms with Gasteiger partial charge in [0.2, 0.25) is 11.9 Å². The summed E-state index contributed by atoms with van der Waals surface area (Å²) in [6.45, 7) is 0.741. The molecule has 26 heavy (non-hydrogen) atoms. The van der Waals surface area contributed by atoms with Crippen LogP contribution >= 0.6 is 23.4 Å². The summed E-state index contributed by atoms with van der Waals surface area (Å²) in [5.41, 5.74) is 11.5. The average molecular weight is 394 g/mol. The van der Waals surface area contributed by atoms with Gasteiger partial charge in [-0.05, 0) is 18.2 Å². The molecular weight excluding hydrogens is 378 g/mol. The quantitative estimate of drug-likeness (QED) is 0.469. The Labute approximate surface area is 157 Å². The zero-order valence-electron chi connectivity index (χ0n) is 13.8. The molecule has 0 saturated carbocycles. The Bertz CT molecular complexity index is 991. The molecule has 136 valence electrons. The van der Waals surface area contributed by atoms with E-state index in [0.29, 0.717) is 45.8 Å². The maximum atomic E-state index is 12.8. The number of rotatable bonds is 6. The van der Waals surface area contributed by atoms with Gasteiger partial charge in [0.1, 0.15) is 5.82 Å². The highest BCUT2D eigenvalue weighted by molar-refractivity contribution is 7.98. The molecule has 2 heterocycles. The highest BCUT2D eigenvalue weighted by Crippen LogP contribution is 2.22. The molecule has 0 atom stereocenters. The van der Waals surface area contributed by atoms with Gasteiger partial charge in [-0.15, -0.1) is 0 Å². The molecule has 0 fully saturated rings. The molecule has 11 heteroatoms. The number of anilines is 2. The van der Waals surface area contributed by atoms with Gasteiger partial charge >= 0.3 is 0 Å². The maximum Gasteiger partial charge on any atom is 0.262 e. The summed E-state index contributed by atoms with van der Waals surface area (Å²) >= 11 is 7.32. The fourth-order valence-corrected chi connectivity index (χ4v) is 3.36. The van der Waals surface area contributed by atoms with Crippen LogP contribution in [0.1, 0.15) is 5.82 Å². The first-order chi connectivity index (χ1) is 12.5. The van der Waals surface area contributed by atoms with Crippen LogP contribution in [0.2, 0.25) is 5.02 Å². The van der Waals surface area contributed by atoms with E-state index in [1.54, 1.807) is 29.9 Å². The SMILES string of the molecule is COCCn1c(SCc2nc(N)nc(N)n2)nc2cc(Cl)ccc2c1=O. The van der Waals surface area contributed by atoms with Gasteiger partial charge < -0.3 is 16.2 Å². The van der Waals surface area contributed by atoms with Gasteiger partial charge in [0.15, 0.2) is 5.16 Å². The number of halogens is 1. The van der Waals surface area contributed by atoms with Crippen molar-refractivity contribution in [3.63, 3.8) is 0 Å². The normalized spacial score (nSPS) is 11.2. The van der Waals surface area contributed by atoms with E-state index in [0.717, 1.165) is 0 Å². The van der Waals surface area contributed by atoms with E-state index in [4.69, 9.17) is 27.8 Å². The summed E-state index contributed by atoms with van der Waals surface area (Å²) in [5.74, 6) is 0.813. The maximum absolute atomic E-state index is 12.8. The number of methoxy groups -OCH3 is 1. The number of thioether (sulfide) groups is 1. The first-order valence-electron chi connectivity index (χ1n) is 7.55.